The minimum Gasteiger partial charge on any atom is -0.376 e. The molecule has 2 aromatic carbocycles. The molecule has 0 bridgehead atoms. The van der Waals surface area contributed by atoms with Gasteiger partial charge in [0.1, 0.15) is 0 Å². The SMILES string of the molecule is CC1CN(CC(N)c2cccc3ccccc23)C(C)CO1. The molecule has 3 rings (SSSR count). The number of nitrogens with zero attached hydrogens (tertiary/aromatic N) is 1. The van der Waals surface area contributed by atoms with Crippen LogP contribution in [-0.2, 0) is 4.74 Å². The Morgan fingerprint density at radius 2 is 1.95 bits per heavy atom. The summed E-state index contributed by atoms with van der Waals surface area (Å²) in [7, 11) is 0. The molecule has 3 heteroatoms. The van der Waals surface area contributed by atoms with Crippen molar-refractivity contribution in [2.24, 2.45) is 5.73 Å². The van der Waals surface area contributed by atoms with Gasteiger partial charge in [0.05, 0.1) is 12.7 Å². The van der Waals surface area contributed by atoms with E-state index in [-0.39, 0.29) is 6.04 Å². The molecule has 0 aromatic heterocycles. The zero-order valence-electron chi connectivity index (χ0n) is 12.8. The molecule has 1 aliphatic rings. The number of hydrogen-bond acceptors (Lipinski definition) is 3. The third kappa shape index (κ3) is 3.10. The second kappa shape index (κ2) is 6.14. The lowest BCUT2D eigenvalue weighted by molar-refractivity contribution is -0.0510. The lowest BCUT2D eigenvalue weighted by Crippen LogP contribution is -2.49. The van der Waals surface area contributed by atoms with Gasteiger partial charge >= 0.3 is 0 Å². The summed E-state index contributed by atoms with van der Waals surface area (Å²) in [5, 5.41) is 2.52. The average molecular weight is 284 g/mol. The minimum atomic E-state index is 0.0313. The van der Waals surface area contributed by atoms with E-state index in [4.69, 9.17) is 10.5 Å². The van der Waals surface area contributed by atoms with Gasteiger partial charge in [-0.1, -0.05) is 42.5 Å². The van der Waals surface area contributed by atoms with Crippen molar-refractivity contribution in [3.63, 3.8) is 0 Å². The highest BCUT2D eigenvalue weighted by Gasteiger charge is 2.25. The van der Waals surface area contributed by atoms with E-state index in [0.717, 1.165) is 19.7 Å². The Hall–Kier alpha value is -1.42. The number of hydrogen-bond donors (Lipinski definition) is 1. The molecule has 1 saturated heterocycles. The highest BCUT2D eigenvalue weighted by molar-refractivity contribution is 5.86. The van der Waals surface area contributed by atoms with Gasteiger partial charge in [0.15, 0.2) is 0 Å². The van der Waals surface area contributed by atoms with E-state index in [1.807, 2.05) is 0 Å². The van der Waals surface area contributed by atoms with Crippen molar-refractivity contribution in [2.75, 3.05) is 19.7 Å². The van der Waals surface area contributed by atoms with Crippen LogP contribution in [-0.4, -0.2) is 36.7 Å². The van der Waals surface area contributed by atoms with Crippen molar-refractivity contribution in [3.05, 3.63) is 48.0 Å². The summed E-state index contributed by atoms with van der Waals surface area (Å²) in [6, 6.07) is 15.3. The lowest BCUT2D eigenvalue weighted by atomic mass is 9.98. The molecule has 2 N–H and O–H groups in total. The van der Waals surface area contributed by atoms with Crippen LogP contribution in [0.3, 0.4) is 0 Å². The van der Waals surface area contributed by atoms with Crippen LogP contribution in [0.2, 0.25) is 0 Å². The second-order valence-electron chi connectivity index (χ2n) is 6.12. The molecular formula is C18H24N2O. The smallest absolute Gasteiger partial charge is 0.0674 e. The highest BCUT2D eigenvalue weighted by atomic mass is 16.5. The third-order valence-electron chi connectivity index (χ3n) is 4.39. The van der Waals surface area contributed by atoms with Gasteiger partial charge in [0.2, 0.25) is 0 Å². The zero-order valence-corrected chi connectivity index (χ0v) is 12.8. The summed E-state index contributed by atoms with van der Waals surface area (Å²) in [5.74, 6) is 0. The van der Waals surface area contributed by atoms with Gasteiger partial charge in [-0.15, -0.1) is 0 Å². The molecule has 3 atom stereocenters. The first-order chi connectivity index (χ1) is 10.1. The van der Waals surface area contributed by atoms with Gasteiger partial charge in [0, 0.05) is 25.2 Å². The maximum Gasteiger partial charge on any atom is 0.0674 e. The van der Waals surface area contributed by atoms with Crippen molar-refractivity contribution in [2.45, 2.75) is 32.0 Å². The van der Waals surface area contributed by atoms with Gasteiger partial charge in [-0.3, -0.25) is 4.90 Å². The molecule has 0 amide bonds. The van der Waals surface area contributed by atoms with Gasteiger partial charge in [-0.25, -0.2) is 0 Å². The number of ether oxygens (including phenoxy) is 1. The van der Waals surface area contributed by atoms with Crippen LogP contribution in [0, 0.1) is 0 Å². The topological polar surface area (TPSA) is 38.5 Å². The van der Waals surface area contributed by atoms with Crippen molar-refractivity contribution in [1.29, 1.82) is 0 Å². The average Bonchev–Trinajstić information content (AvgIpc) is 2.50. The van der Waals surface area contributed by atoms with Crippen LogP contribution in [0.25, 0.3) is 10.8 Å². The van der Waals surface area contributed by atoms with Crippen LogP contribution >= 0.6 is 0 Å². The van der Waals surface area contributed by atoms with E-state index < -0.39 is 0 Å². The monoisotopic (exact) mass is 284 g/mol. The van der Waals surface area contributed by atoms with Crippen molar-refractivity contribution in [1.82, 2.24) is 4.90 Å². The first kappa shape index (κ1) is 14.5. The zero-order chi connectivity index (χ0) is 14.8. The molecular weight excluding hydrogens is 260 g/mol. The van der Waals surface area contributed by atoms with Gasteiger partial charge in [-0.2, -0.15) is 0 Å². The Kier molecular flexibility index (Phi) is 4.24. The maximum absolute atomic E-state index is 6.52. The molecule has 3 nitrogen and oxygen atoms in total. The summed E-state index contributed by atoms with van der Waals surface area (Å²) in [4.78, 5) is 2.45. The molecule has 3 unspecified atom stereocenters. The Balaban J connectivity index is 1.82. The largest absolute Gasteiger partial charge is 0.376 e. The number of benzene rings is 2. The fourth-order valence-corrected chi connectivity index (χ4v) is 3.15. The third-order valence-corrected chi connectivity index (χ3v) is 4.39. The van der Waals surface area contributed by atoms with E-state index in [0.29, 0.717) is 12.1 Å². The van der Waals surface area contributed by atoms with Crippen LogP contribution in [0.4, 0.5) is 0 Å². The van der Waals surface area contributed by atoms with Crippen molar-refractivity contribution in [3.8, 4) is 0 Å². The van der Waals surface area contributed by atoms with Crippen molar-refractivity contribution >= 4 is 10.8 Å². The Morgan fingerprint density at radius 3 is 2.81 bits per heavy atom. The van der Waals surface area contributed by atoms with E-state index in [9.17, 15) is 0 Å². The van der Waals surface area contributed by atoms with Gasteiger partial charge in [0.25, 0.3) is 0 Å². The molecule has 112 valence electrons. The normalized spacial score (nSPS) is 25.1. The fraction of sp³-hybridized carbons (Fsp3) is 0.444. The molecule has 0 radical (unpaired) electrons. The molecule has 21 heavy (non-hydrogen) atoms. The van der Waals surface area contributed by atoms with E-state index in [1.165, 1.54) is 16.3 Å². The first-order valence-electron chi connectivity index (χ1n) is 7.74. The molecule has 1 fully saturated rings. The second-order valence-corrected chi connectivity index (χ2v) is 6.12. The molecule has 0 aliphatic carbocycles. The highest BCUT2D eigenvalue weighted by Crippen LogP contribution is 2.24. The van der Waals surface area contributed by atoms with Crippen LogP contribution in [0.15, 0.2) is 42.5 Å². The van der Waals surface area contributed by atoms with Crippen LogP contribution in [0.5, 0.6) is 0 Å². The van der Waals surface area contributed by atoms with E-state index in [2.05, 4.69) is 61.2 Å². The number of morpholine rings is 1. The first-order valence-corrected chi connectivity index (χ1v) is 7.74. The summed E-state index contributed by atoms with van der Waals surface area (Å²) in [6.07, 6.45) is 0.293. The predicted molar refractivity (Wildman–Crippen MR) is 87.3 cm³/mol. The fourth-order valence-electron chi connectivity index (χ4n) is 3.15. The number of rotatable bonds is 3. The lowest BCUT2D eigenvalue weighted by Gasteiger charge is -2.38. The van der Waals surface area contributed by atoms with Crippen LogP contribution < -0.4 is 5.73 Å². The Labute approximate surface area is 126 Å². The molecule has 1 aliphatic heterocycles. The maximum atomic E-state index is 6.52. The summed E-state index contributed by atoms with van der Waals surface area (Å²) < 4.78 is 5.70. The number of nitrogens with two attached hydrogens (primary N) is 1. The quantitative estimate of drug-likeness (QED) is 0.942. The van der Waals surface area contributed by atoms with Gasteiger partial charge < -0.3 is 10.5 Å². The Morgan fingerprint density at radius 1 is 1.19 bits per heavy atom. The molecule has 0 spiro atoms. The van der Waals surface area contributed by atoms with Crippen molar-refractivity contribution < 1.29 is 4.74 Å². The summed E-state index contributed by atoms with van der Waals surface area (Å²) in [6.45, 7) is 6.97. The van der Waals surface area contributed by atoms with Crippen LogP contribution in [0.1, 0.15) is 25.5 Å². The minimum absolute atomic E-state index is 0.0313. The van der Waals surface area contributed by atoms with Gasteiger partial charge in [-0.05, 0) is 30.2 Å². The van der Waals surface area contributed by atoms with E-state index >= 15 is 0 Å². The number of fused-ring (bicyclic) bond motifs is 1. The molecule has 0 saturated carbocycles. The molecule has 2 aromatic rings. The Bertz CT molecular complexity index is 608. The summed E-state index contributed by atoms with van der Waals surface area (Å²) >= 11 is 0. The summed E-state index contributed by atoms with van der Waals surface area (Å²) in [5.41, 5.74) is 7.75. The predicted octanol–water partition coefficient (Wildman–Crippen LogP) is 2.95. The molecule has 1 heterocycles. The van der Waals surface area contributed by atoms with E-state index in [1.54, 1.807) is 0 Å². The standard InChI is InChI=1S/C18H24N2O/c1-13-12-21-14(2)10-20(13)11-18(19)17-9-5-7-15-6-3-4-8-16(15)17/h3-9,13-14,18H,10-12,19H2,1-2H3.